The molecule has 0 spiro atoms. The zero-order valence-electron chi connectivity index (χ0n) is 11.9. The molecule has 0 aliphatic rings. The molecule has 0 bridgehead atoms. The van der Waals surface area contributed by atoms with Crippen LogP contribution in [0.5, 0.6) is 5.75 Å². The maximum atomic E-state index is 12.1. The van der Waals surface area contributed by atoms with Gasteiger partial charge in [-0.3, -0.25) is 9.48 Å². The minimum Gasteiger partial charge on any atom is -0.479 e. The maximum Gasteiger partial charge on any atom is 0.266 e. The van der Waals surface area contributed by atoms with Gasteiger partial charge < -0.3 is 10.1 Å². The van der Waals surface area contributed by atoms with Gasteiger partial charge in [-0.25, -0.2) is 0 Å². The Morgan fingerprint density at radius 1 is 1.43 bits per heavy atom. The molecule has 0 saturated carbocycles. The highest BCUT2D eigenvalue weighted by Crippen LogP contribution is 2.32. The molecule has 1 heterocycles. The summed E-state index contributed by atoms with van der Waals surface area (Å²) in [5, 5.41) is 7.57. The summed E-state index contributed by atoms with van der Waals surface area (Å²) in [6.45, 7) is 3.48. The number of benzene rings is 1. The Labute approximate surface area is 132 Å². The summed E-state index contributed by atoms with van der Waals surface area (Å²) >= 11 is 11.9. The van der Waals surface area contributed by atoms with Crippen molar-refractivity contribution in [1.82, 2.24) is 9.78 Å². The van der Waals surface area contributed by atoms with E-state index in [-0.39, 0.29) is 10.9 Å². The van der Waals surface area contributed by atoms with E-state index in [0.717, 1.165) is 5.69 Å². The standard InChI is InChI=1S/C14H15Cl2N3O2/c1-8-7-12(19(3)18-8)17-14(20)9(2)21-11-6-4-5-10(15)13(11)16/h4-7,9H,1-3H3,(H,17,20). The largest absolute Gasteiger partial charge is 0.479 e. The van der Waals surface area contributed by atoms with Gasteiger partial charge in [0.25, 0.3) is 5.91 Å². The fourth-order valence-corrected chi connectivity index (χ4v) is 2.11. The molecule has 21 heavy (non-hydrogen) atoms. The summed E-state index contributed by atoms with van der Waals surface area (Å²) in [4.78, 5) is 12.1. The first-order valence-corrected chi connectivity index (χ1v) is 7.06. The van der Waals surface area contributed by atoms with Crippen molar-refractivity contribution in [2.45, 2.75) is 20.0 Å². The Hall–Kier alpha value is -1.72. The minimum absolute atomic E-state index is 0.287. The predicted octanol–water partition coefficient (Wildman–Crippen LogP) is 3.44. The summed E-state index contributed by atoms with van der Waals surface area (Å²) in [6.07, 6.45) is -0.726. The predicted molar refractivity (Wildman–Crippen MR) is 83.1 cm³/mol. The van der Waals surface area contributed by atoms with Crippen LogP contribution in [-0.2, 0) is 11.8 Å². The molecule has 1 N–H and O–H groups in total. The maximum absolute atomic E-state index is 12.1. The van der Waals surface area contributed by atoms with Crippen LogP contribution < -0.4 is 10.1 Å². The molecule has 0 saturated heterocycles. The third-order valence-electron chi connectivity index (χ3n) is 2.84. The minimum atomic E-state index is -0.726. The van der Waals surface area contributed by atoms with Crippen molar-refractivity contribution in [3.05, 3.63) is 40.0 Å². The number of amides is 1. The van der Waals surface area contributed by atoms with Gasteiger partial charge in [0.2, 0.25) is 0 Å². The van der Waals surface area contributed by atoms with Crippen LogP contribution in [0.2, 0.25) is 10.0 Å². The van der Waals surface area contributed by atoms with Gasteiger partial charge in [0.05, 0.1) is 10.7 Å². The molecule has 1 aromatic carbocycles. The number of carbonyl (C=O) groups excluding carboxylic acids is 1. The topological polar surface area (TPSA) is 56.1 Å². The number of ether oxygens (including phenoxy) is 1. The Morgan fingerprint density at radius 3 is 2.76 bits per heavy atom. The molecular formula is C14H15Cl2N3O2. The molecule has 5 nitrogen and oxygen atoms in total. The molecular weight excluding hydrogens is 313 g/mol. The van der Waals surface area contributed by atoms with Gasteiger partial charge in [-0.15, -0.1) is 0 Å². The molecule has 1 amide bonds. The summed E-state index contributed by atoms with van der Waals surface area (Å²) in [5.74, 6) is 0.673. The van der Waals surface area contributed by atoms with Crippen molar-refractivity contribution in [2.75, 3.05) is 5.32 Å². The molecule has 0 aliphatic carbocycles. The van der Waals surface area contributed by atoms with Gasteiger partial charge in [-0.2, -0.15) is 5.10 Å². The van der Waals surface area contributed by atoms with E-state index in [1.807, 2.05) is 6.92 Å². The Morgan fingerprint density at radius 2 is 2.14 bits per heavy atom. The summed E-state index contributed by atoms with van der Waals surface area (Å²) in [5.41, 5.74) is 0.819. The van der Waals surface area contributed by atoms with Gasteiger partial charge >= 0.3 is 0 Å². The zero-order chi connectivity index (χ0) is 15.6. The van der Waals surface area contributed by atoms with E-state index >= 15 is 0 Å². The fraction of sp³-hybridized carbons (Fsp3) is 0.286. The molecule has 1 atom stereocenters. The SMILES string of the molecule is Cc1cc(NC(=O)C(C)Oc2cccc(Cl)c2Cl)n(C)n1. The van der Waals surface area contributed by atoms with Crippen LogP contribution in [-0.4, -0.2) is 21.8 Å². The number of aryl methyl sites for hydroxylation is 2. The lowest BCUT2D eigenvalue weighted by atomic mass is 10.3. The molecule has 1 aromatic heterocycles. The zero-order valence-corrected chi connectivity index (χ0v) is 13.4. The first-order valence-electron chi connectivity index (χ1n) is 6.30. The van der Waals surface area contributed by atoms with Gasteiger partial charge in [0.1, 0.15) is 16.6 Å². The normalized spacial score (nSPS) is 12.0. The van der Waals surface area contributed by atoms with E-state index in [1.165, 1.54) is 0 Å². The molecule has 0 fully saturated rings. The second-order valence-electron chi connectivity index (χ2n) is 4.60. The second kappa shape index (κ2) is 6.37. The number of halogens is 2. The first-order chi connectivity index (χ1) is 9.88. The average molecular weight is 328 g/mol. The lowest BCUT2D eigenvalue weighted by Crippen LogP contribution is -2.31. The van der Waals surface area contributed by atoms with Gasteiger partial charge in [-0.05, 0) is 26.0 Å². The molecule has 7 heteroatoms. The lowest BCUT2D eigenvalue weighted by Gasteiger charge is -2.16. The number of carbonyl (C=O) groups is 1. The van der Waals surface area contributed by atoms with E-state index in [1.54, 1.807) is 42.9 Å². The molecule has 2 aromatic rings. The molecule has 0 radical (unpaired) electrons. The highest BCUT2D eigenvalue weighted by Gasteiger charge is 2.18. The monoisotopic (exact) mass is 327 g/mol. The van der Waals surface area contributed by atoms with Crippen LogP contribution in [0, 0.1) is 6.92 Å². The van der Waals surface area contributed by atoms with Gasteiger partial charge in [-0.1, -0.05) is 29.3 Å². The summed E-state index contributed by atoms with van der Waals surface area (Å²) < 4.78 is 7.14. The molecule has 112 valence electrons. The fourth-order valence-electron chi connectivity index (χ4n) is 1.77. The number of nitrogens with zero attached hydrogens (tertiary/aromatic N) is 2. The Balaban J connectivity index is 2.06. The number of nitrogens with one attached hydrogen (secondary N) is 1. The van der Waals surface area contributed by atoms with E-state index in [2.05, 4.69) is 10.4 Å². The number of hydrogen-bond acceptors (Lipinski definition) is 3. The van der Waals surface area contributed by atoms with Crippen LogP contribution in [0.1, 0.15) is 12.6 Å². The quantitative estimate of drug-likeness (QED) is 0.935. The van der Waals surface area contributed by atoms with E-state index in [9.17, 15) is 4.79 Å². The van der Waals surface area contributed by atoms with E-state index in [4.69, 9.17) is 27.9 Å². The van der Waals surface area contributed by atoms with Crippen LogP contribution in [0.25, 0.3) is 0 Å². The molecule has 2 rings (SSSR count). The number of hydrogen-bond donors (Lipinski definition) is 1. The van der Waals surface area contributed by atoms with Crippen LogP contribution in [0.3, 0.4) is 0 Å². The third kappa shape index (κ3) is 3.68. The molecule has 1 unspecified atom stereocenters. The van der Waals surface area contributed by atoms with Crippen molar-refractivity contribution in [3.8, 4) is 5.75 Å². The Bertz CT molecular complexity index is 670. The third-order valence-corrected chi connectivity index (χ3v) is 3.64. The number of anilines is 1. The summed E-state index contributed by atoms with van der Waals surface area (Å²) in [6, 6.07) is 6.79. The lowest BCUT2D eigenvalue weighted by molar-refractivity contribution is -0.122. The first kappa shape index (κ1) is 15.7. The van der Waals surface area contributed by atoms with Gasteiger partial charge in [0, 0.05) is 13.1 Å². The number of rotatable bonds is 4. The molecule has 0 aliphatic heterocycles. The summed E-state index contributed by atoms with van der Waals surface area (Å²) in [7, 11) is 1.75. The van der Waals surface area contributed by atoms with Crippen molar-refractivity contribution >= 4 is 34.9 Å². The highest BCUT2D eigenvalue weighted by molar-refractivity contribution is 6.42. The average Bonchev–Trinajstić information content (AvgIpc) is 2.73. The highest BCUT2D eigenvalue weighted by atomic mass is 35.5. The Kier molecular flexibility index (Phi) is 4.75. The van der Waals surface area contributed by atoms with Crippen molar-refractivity contribution < 1.29 is 9.53 Å². The van der Waals surface area contributed by atoms with E-state index in [0.29, 0.717) is 16.6 Å². The van der Waals surface area contributed by atoms with Crippen LogP contribution in [0.15, 0.2) is 24.3 Å². The second-order valence-corrected chi connectivity index (χ2v) is 5.38. The van der Waals surface area contributed by atoms with Crippen LogP contribution in [0.4, 0.5) is 5.82 Å². The van der Waals surface area contributed by atoms with E-state index < -0.39 is 6.10 Å². The van der Waals surface area contributed by atoms with Gasteiger partial charge in [0.15, 0.2) is 6.10 Å². The van der Waals surface area contributed by atoms with Crippen molar-refractivity contribution in [1.29, 1.82) is 0 Å². The van der Waals surface area contributed by atoms with Crippen molar-refractivity contribution in [3.63, 3.8) is 0 Å². The smallest absolute Gasteiger partial charge is 0.266 e. The van der Waals surface area contributed by atoms with Crippen molar-refractivity contribution in [2.24, 2.45) is 7.05 Å². The van der Waals surface area contributed by atoms with Crippen LogP contribution >= 0.6 is 23.2 Å². The number of aromatic nitrogens is 2.